The van der Waals surface area contributed by atoms with Gasteiger partial charge in [-0.25, -0.2) is 8.78 Å². The molecule has 0 aliphatic heterocycles. The second-order valence-corrected chi connectivity index (χ2v) is 5.54. The van der Waals surface area contributed by atoms with Gasteiger partial charge in [0, 0.05) is 24.2 Å². The molecule has 5 heteroatoms. The molecule has 0 saturated carbocycles. The summed E-state index contributed by atoms with van der Waals surface area (Å²) in [5.41, 5.74) is 0.557. The standard InChI is InChI=1S/C13H23F2N3/c1-5-6-7-18-11(12(14)15)10(9-17-18)8-16-13(2,3)4/h9,12,16H,5-8H2,1-4H3. The van der Waals surface area contributed by atoms with E-state index in [1.54, 1.807) is 6.20 Å². The Balaban J connectivity index is 2.81. The molecule has 0 atom stereocenters. The minimum Gasteiger partial charge on any atom is -0.308 e. The van der Waals surface area contributed by atoms with Crippen LogP contribution in [-0.2, 0) is 13.1 Å². The van der Waals surface area contributed by atoms with E-state index in [1.165, 1.54) is 4.68 Å². The van der Waals surface area contributed by atoms with Gasteiger partial charge in [0.25, 0.3) is 6.43 Å². The number of rotatable bonds is 6. The molecule has 1 aromatic rings. The number of unbranched alkanes of at least 4 members (excludes halogenated alkanes) is 1. The van der Waals surface area contributed by atoms with Crippen LogP contribution >= 0.6 is 0 Å². The molecule has 0 unspecified atom stereocenters. The zero-order valence-electron chi connectivity index (χ0n) is 11.6. The minimum atomic E-state index is -2.47. The van der Waals surface area contributed by atoms with Crippen LogP contribution in [0.1, 0.15) is 58.2 Å². The number of nitrogens with zero attached hydrogens (tertiary/aromatic N) is 2. The summed E-state index contributed by atoms with van der Waals surface area (Å²) in [6, 6.07) is 0. The Morgan fingerprint density at radius 3 is 2.56 bits per heavy atom. The van der Waals surface area contributed by atoms with Crippen molar-refractivity contribution in [2.24, 2.45) is 0 Å². The second kappa shape index (κ2) is 6.27. The molecule has 0 aromatic carbocycles. The molecule has 3 nitrogen and oxygen atoms in total. The van der Waals surface area contributed by atoms with Crippen molar-refractivity contribution in [2.45, 2.75) is 65.6 Å². The number of hydrogen-bond donors (Lipinski definition) is 1. The molecule has 0 radical (unpaired) electrons. The van der Waals surface area contributed by atoms with Gasteiger partial charge in [-0.2, -0.15) is 5.10 Å². The molecule has 0 aliphatic rings. The van der Waals surface area contributed by atoms with Gasteiger partial charge < -0.3 is 5.32 Å². The Kier molecular flexibility index (Phi) is 5.26. The summed E-state index contributed by atoms with van der Waals surface area (Å²) in [5, 5.41) is 7.29. The van der Waals surface area contributed by atoms with Gasteiger partial charge in [-0.3, -0.25) is 4.68 Å². The van der Waals surface area contributed by atoms with Gasteiger partial charge in [-0.15, -0.1) is 0 Å². The quantitative estimate of drug-likeness (QED) is 0.847. The van der Waals surface area contributed by atoms with Crippen molar-refractivity contribution in [3.05, 3.63) is 17.5 Å². The van der Waals surface area contributed by atoms with Gasteiger partial charge in [0.2, 0.25) is 0 Å². The normalized spacial score (nSPS) is 12.4. The summed E-state index contributed by atoms with van der Waals surface area (Å²) in [6.45, 7) is 9.05. The van der Waals surface area contributed by atoms with Crippen LogP contribution in [0.2, 0.25) is 0 Å². The predicted octanol–water partition coefficient (Wildman–Crippen LogP) is 3.51. The van der Waals surface area contributed by atoms with E-state index in [2.05, 4.69) is 10.4 Å². The van der Waals surface area contributed by atoms with Gasteiger partial charge in [-0.1, -0.05) is 13.3 Å². The first-order valence-corrected chi connectivity index (χ1v) is 6.43. The van der Waals surface area contributed by atoms with Crippen LogP contribution in [0.4, 0.5) is 8.78 Å². The van der Waals surface area contributed by atoms with Crippen molar-refractivity contribution >= 4 is 0 Å². The van der Waals surface area contributed by atoms with Crippen LogP contribution < -0.4 is 5.32 Å². The first-order chi connectivity index (χ1) is 8.35. The molecule has 0 aliphatic carbocycles. The molecule has 104 valence electrons. The highest BCUT2D eigenvalue weighted by molar-refractivity contribution is 5.19. The number of alkyl halides is 2. The van der Waals surface area contributed by atoms with Crippen LogP contribution in [-0.4, -0.2) is 15.3 Å². The van der Waals surface area contributed by atoms with Crippen molar-refractivity contribution in [3.8, 4) is 0 Å². The average molecular weight is 259 g/mol. The Bertz CT molecular complexity index is 367. The number of aryl methyl sites for hydroxylation is 1. The van der Waals surface area contributed by atoms with Crippen molar-refractivity contribution in [3.63, 3.8) is 0 Å². The summed E-state index contributed by atoms with van der Waals surface area (Å²) >= 11 is 0. The lowest BCUT2D eigenvalue weighted by Crippen LogP contribution is -2.35. The molecule has 1 heterocycles. The van der Waals surface area contributed by atoms with Gasteiger partial charge in [0.05, 0.1) is 6.20 Å². The Labute approximate surface area is 108 Å². The zero-order chi connectivity index (χ0) is 13.8. The van der Waals surface area contributed by atoms with Gasteiger partial charge in [0.1, 0.15) is 5.69 Å². The molecular weight excluding hydrogens is 236 g/mol. The van der Waals surface area contributed by atoms with E-state index in [9.17, 15) is 8.78 Å². The first-order valence-electron chi connectivity index (χ1n) is 6.43. The molecule has 0 saturated heterocycles. The lowest BCUT2D eigenvalue weighted by molar-refractivity contribution is 0.137. The molecule has 18 heavy (non-hydrogen) atoms. The van der Waals surface area contributed by atoms with Gasteiger partial charge in [-0.05, 0) is 27.2 Å². The third-order valence-corrected chi connectivity index (χ3v) is 2.70. The molecule has 1 N–H and O–H groups in total. The van der Waals surface area contributed by atoms with Crippen molar-refractivity contribution in [2.75, 3.05) is 0 Å². The third-order valence-electron chi connectivity index (χ3n) is 2.70. The van der Waals surface area contributed by atoms with E-state index in [4.69, 9.17) is 0 Å². The Morgan fingerprint density at radius 1 is 1.39 bits per heavy atom. The van der Waals surface area contributed by atoms with Crippen LogP contribution in [0.3, 0.4) is 0 Å². The largest absolute Gasteiger partial charge is 0.308 e. The Hall–Kier alpha value is -0.970. The molecule has 0 spiro atoms. The fourth-order valence-electron chi connectivity index (χ4n) is 1.67. The highest BCUT2D eigenvalue weighted by Crippen LogP contribution is 2.23. The van der Waals surface area contributed by atoms with Crippen LogP contribution in [0.5, 0.6) is 0 Å². The van der Waals surface area contributed by atoms with Crippen molar-refractivity contribution in [1.82, 2.24) is 15.1 Å². The Morgan fingerprint density at radius 2 is 2.06 bits per heavy atom. The summed E-state index contributed by atoms with van der Waals surface area (Å²) in [4.78, 5) is 0. The molecule has 0 bridgehead atoms. The second-order valence-electron chi connectivity index (χ2n) is 5.54. The zero-order valence-corrected chi connectivity index (χ0v) is 11.6. The molecule has 1 aromatic heterocycles. The minimum absolute atomic E-state index is 0.0557. The van der Waals surface area contributed by atoms with Crippen LogP contribution in [0.25, 0.3) is 0 Å². The lowest BCUT2D eigenvalue weighted by Gasteiger charge is -2.20. The highest BCUT2D eigenvalue weighted by atomic mass is 19.3. The molecule has 1 rings (SSSR count). The summed E-state index contributed by atoms with van der Waals surface area (Å²) in [6.07, 6.45) is 0.919. The maximum atomic E-state index is 13.1. The van der Waals surface area contributed by atoms with Gasteiger partial charge >= 0.3 is 0 Å². The smallest absolute Gasteiger partial charge is 0.280 e. The summed E-state index contributed by atoms with van der Waals surface area (Å²) < 4.78 is 27.6. The molecule has 0 amide bonds. The molecule has 0 fully saturated rings. The predicted molar refractivity (Wildman–Crippen MR) is 68.7 cm³/mol. The first kappa shape index (κ1) is 15.1. The highest BCUT2D eigenvalue weighted by Gasteiger charge is 2.20. The number of halogens is 2. The number of aromatic nitrogens is 2. The van der Waals surface area contributed by atoms with E-state index in [-0.39, 0.29) is 11.2 Å². The monoisotopic (exact) mass is 259 g/mol. The number of nitrogens with one attached hydrogen (secondary N) is 1. The topological polar surface area (TPSA) is 29.9 Å². The maximum absolute atomic E-state index is 13.1. The van der Waals surface area contributed by atoms with Crippen LogP contribution in [0.15, 0.2) is 6.20 Å². The summed E-state index contributed by atoms with van der Waals surface area (Å²) in [7, 11) is 0. The van der Waals surface area contributed by atoms with Crippen LogP contribution in [0, 0.1) is 0 Å². The van der Waals surface area contributed by atoms with Crippen molar-refractivity contribution in [1.29, 1.82) is 0 Å². The van der Waals surface area contributed by atoms with E-state index in [1.807, 2.05) is 27.7 Å². The van der Waals surface area contributed by atoms with E-state index in [0.29, 0.717) is 18.7 Å². The van der Waals surface area contributed by atoms with Crippen molar-refractivity contribution < 1.29 is 8.78 Å². The van der Waals surface area contributed by atoms with E-state index >= 15 is 0 Å². The summed E-state index contributed by atoms with van der Waals surface area (Å²) in [5.74, 6) is 0. The fraction of sp³-hybridized carbons (Fsp3) is 0.769. The van der Waals surface area contributed by atoms with Gasteiger partial charge in [0.15, 0.2) is 0 Å². The fourth-order valence-corrected chi connectivity index (χ4v) is 1.67. The SMILES string of the molecule is CCCCn1ncc(CNC(C)(C)C)c1C(F)F. The molecular formula is C13H23F2N3. The third kappa shape index (κ3) is 4.37. The lowest BCUT2D eigenvalue weighted by atomic mass is 10.1. The van der Waals surface area contributed by atoms with E-state index < -0.39 is 6.43 Å². The number of hydrogen-bond acceptors (Lipinski definition) is 2. The maximum Gasteiger partial charge on any atom is 0.280 e. The van der Waals surface area contributed by atoms with E-state index in [0.717, 1.165) is 12.8 Å². The average Bonchev–Trinajstić information content (AvgIpc) is 2.65.